The Hall–Kier alpha value is -1.58. The number of thioether (sulfide) groups is 1. The predicted octanol–water partition coefficient (Wildman–Crippen LogP) is 2.33. The fraction of sp³-hybridized carbons (Fsp3) is 0.364. The molecule has 0 amide bonds. The predicted molar refractivity (Wildman–Crippen MR) is 64.8 cm³/mol. The van der Waals surface area contributed by atoms with Crippen molar-refractivity contribution in [3.63, 3.8) is 0 Å². The van der Waals surface area contributed by atoms with Gasteiger partial charge in [0, 0.05) is 16.2 Å². The number of nitriles is 1. The van der Waals surface area contributed by atoms with Gasteiger partial charge in [-0.15, -0.1) is 11.8 Å². The number of nitro benzene ring substituents is 1. The molecular weight excluding hydrogens is 240 g/mol. The molecule has 0 bridgehead atoms. The third kappa shape index (κ3) is 3.44. The van der Waals surface area contributed by atoms with E-state index in [4.69, 9.17) is 5.26 Å². The van der Waals surface area contributed by atoms with Crippen molar-refractivity contribution in [1.82, 2.24) is 0 Å². The van der Waals surface area contributed by atoms with E-state index in [2.05, 4.69) is 0 Å². The molecule has 0 aliphatic carbocycles. The first-order chi connectivity index (χ1) is 7.95. The first-order valence-electron chi connectivity index (χ1n) is 4.99. The Morgan fingerprint density at radius 3 is 2.65 bits per heavy atom. The summed E-state index contributed by atoms with van der Waals surface area (Å²) >= 11 is 1.34. The molecule has 0 aliphatic rings. The Bertz CT molecular complexity index is 468. The van der Waals surface area contributed by atoms with Crippen LogP contribution in [0.3, 0.4) is 0 Å². The van der Waals surface area contributed by atoms with Crippen LogP contribution < -0.4 is 0 Å². The van der Waals surface area contributed by atoms with Crippen molar-refractivity contribution >= 4 is 17.4 Å². The molecule has 1 aromatic rings. The molecule has 0 radical (unpaired) electrons. The van der Waals surface area contributed by atoms with Gasteiger partial charge in [-0.2, -0.15) is 5.26 Å². The molecule has 90 valence electrons. The fourth-order valence-corrected chi connectivity index (χ4v) is 2.10. The zero-order valence-electron chi connectivity index (χ0n) is 9.45. The fourth-order valence-electron chi connectivity index (χ4n) is 1.14. The molecule has 1 rings (SSSR count). The van der Waals surface area contributed by atoms with Gasteiger partial charge in [-0.3, -0.25) is 10.1 Å². The molecule has 0 aromatic heterocycles. The van der Waals surface area contributed by atoms with Crippen LogP contribution in [0.25, 0.3) is 0 Å². The highest BCUT2D eigenvalue weighted by Crippen LogP contribution is 2.30. The minimum absolute atomic E-state index is 0.0454. The van der Waals surface area contributed by atoms with Gasteiger partial charge in [-0.25, -0.2) is 0 Å². The van der Waals surface area contributed by atoms with Crippen molar-refractivity contribution in [3.05, 3.63) is 33.9 Å². The molecule has 1 N–H and O–H groups in total. The first-order valence-corrected chi connectivity index (χ1v) is 5.87. The van der Waals surface area contributed by atoms with Crippen molar-refractivity contribution in [1.29, 1.82) is 5.26 Å². The van der Waals surface area contributed by atoms with Crippen LogP contribution in [-0.4, -0.2) is 21.4 Å². The van der Waals surface area contributed by atoms with E-state index in [1.54, 1.807) is 19.1 Å². The van der Waals surface area contributed by atoms with Crippen LogP contribution in [-0.2, 0) is 0 Å². The third-order valence-corrected chi connectivity index (χ3v) is 3.58. The van der Waals surface area contributed by atoms with Gasteiger partial charge in [0.1, 0.15) is 11.6 Å². The largest absolute Gasteiger partial charge is 0.392 e. The quantitative estimate of drug-likeness (QED) is 0.505. The maximum Gasteiger partial charge on any atom is 0.288 e. The molecule has 2 unspecified atom stereocenters. The highest BCUT2D eigenvalue weighted by Gasteiger charge is 2.17. The Balaban J connectivity index is 3.01. The lowest BCUT2D eigenvalue weighted by molar-refractivity contribution is -0.385. The molecule has 0 saturated carbocycles. The summed E-state index contributed by atoms with van der Waals surface area (Å²) in [5.74, 6) is 0. The van der Waals surface area contributed by atoms with Crippen LogP contribution in [0.4, 0.5) is 5.69 Å². The Morgan fingerprint density at radius 2 is 2.18 bits per heavy atom. The van der Waals surface area contributed by atoms with Gasteiger partial charge in [0.2, 0.25) is 0 Å². The molecule has 0 aliphatic heterocycles. The van der Waals surface area contributed by atoms with E-state index in [1.807, 2.05) is 6.92 Å². The molecule has 6 heteroatoms. The van der Waals surface area contributed by atoms with Gasteiger partial charge in [0.15, 0.2) is 0 Å². The average Bonchev–Trinajstić information content (AvgIpc) is 2.28. The summed E-state index contributed by atoms with van der Waals surface area (Å²) in [7, 11) is 0. The average molecular weight is 252 g/mol. The Kier molecular flexibility index (Phi) is 4.49. The SMILES string of the molecule is CC(O)C(C)Sc1ccc(C#N)c([N+](=O)[O-])c1. The van der Waals surface area contributed by atoms with Crippen molar-refractivity contribution in [2.75, 3.05) is 0 Å². The van der Waals surface area contributed by atoms with Gasteiger partial charge < -0.3 is 5.11 Å². The van der Waals surface area contributed by atoms with Gasteiger partial charge in [0.05, 0.1) is 11.0 Å². The van der Waals surface area contributed by atoms with Crippen molar-refractivity contribution in [3.8, 4) is 6.07 Å². The maximum absolute atomic E-state index is 10.7. The van der Waals surface area contributed by atoms with Crippen LogP contribution >= 0.6 is 11.8 Å². The molecule has 0 spiro atoms. The molecule has 2 atom stereocenters. The molecule has 17 heavy (non-hydrogen) atoms. The number of hydrogen-bond donors (Lipinski definition) is 1. The van der Waals surface area contributed by atoms with Crippen LogP contribution in [0.1, 0.15) is 19.4 Å². The van der Waals surface area contributed by atoms with Crippen LogP contribution in [0.2, 0.25) is 0 Å². The first kappa shape index (κ1) is 13.5. The lowest BCUT2D eigenvalue weighted by Gasteiger charge is -2.13. The minimum atomic E-state index is -0.574. The normalized spacial score (nSPS) is 13.8. The smallest absolute Gasteiger partial charge is 0.288 e. The third-order valence-electron chi connectivity index (χ3n) is 2.29. The topological polar surface area (TPSA) is 87.2 Å². The molecule has 1 aromatic carbocycles. The number of nitrogens with zero attached hydrogens (tertiary/aromatic N) is 2. The molecule has 0 saturated heterocycles. The van der Waals surface area contributed by atoms with Gasteiger partial charge in [0.25, 0.3) is 5.69 Å². The number of rotatable bonds is 4. The monoisotopic (exact) mass is 252 g/mol. The summed E-state index contributed by atoms with van der Waals surface area (Å²) in [6.45, 7) is 3.50. The highest BCUT2D eigenvalue weighted by atomic mass is 32.2. The van der Waals surface area contributed by atoms with Crippen LogP contribution in [0.5, 0.6) is 0 Å². The molecule has 0 heterocycles. The van der Waals surface area contributed by atoms with E-state index < -0.39 is 11.0 Å². The second-order valence-corrected chi connectivity index (χ2v) is 5.06. The number of hydrogen-bond acceptors (Lipinski definition) is 5. The summed E-state index contributed by atoms with van der Waals surface area (Å²) in [5, 5.41) is 28.8. The minimum Gasteiger partial charge on any atom is -0.392 e. The number of nitro groups is 1. The van der Waals surface area contributed by atoms with E-state index in [9.17, 15) is 15.2 Å². The second-order valence-electron chi connectivity index (χ2n) is 3.61. The summed E-state index contributed by atoms with van der Waals surface area (Å²) in [5.41, 5.74) is -0.153. The second kappa shape index (κ2) is 5.66. The zero-order valence-corrected chi connectivity index (χ0v) is 10.3. The lowest BCUT2D eigenvalue weighted by Crippen LogP contribution is -2.14. The zero-order chi connectivity index (χ0) is 13.0. The van der Waals surface area contributed by atoms with Crippen LogP contribution in [0, 0.1) is 21.4 Å². The summed E-state index contributed by atoms with van der Waals surface area (Å²) in [6.07, 6.45) is -0.505. The maximum atomic E-state index is 10.7. The van der Waals surface area contributed by atoms with Crippen molar-refractivity contribution in [2.24, 2.45) is 0 Å². The van der Waals surface area contributed by atoms with E-state index >= 15 is 0 Å². The highest BCUT2D eigenvalue weighted by molar-refractivity contribution is 8.00. The molecular formula is C11H12N2O3S. The van der Waals surface area contributed by atoms with E-state index in [1.165, 1.54) is 23.9 Å². The standard InChI is InChI=1S/C11H12N2O3S/c1-7(14)8(2)17-10-4-3-9(6-12)11(5-10)13(15)16/h3-5,7-8,14H,1-2H3. The van der Waals surface area contributed by atoms with Gasteiger partial charge in [-0.1, -0.05) is 6.92 Å². The van der Waals surface area contributed by atoms with Crippen LogP contribution in [0.15, 0.2) is 23.1 Å². The van der Waals surface area contributed by atoms with Crippen molar-refractivity contribution < 1.29 is 10.0 Å². The Morgan fingerprint density at radius 1 is 1.53 bits per heavy atom. The number of benzene rings is 1. The Labute approximate surface area is 103 Å². The summed E-state index contributed by atoms with van der Waals surface area (Å²) < 4.78 is 0. The molecule has 5 nitrogen and oxygen atoms in total. The summed E-state index contributed by atoms with van der Waals surface area (Å²) in [6, 6.07) is 6.22. The van der Waals surface area contributed by atoms with Gasteiger partial charge in [-0.05, 0) is 19.1 Å². The van der Waals surface area contributed by atoms with E-state index in [0.717, 1.165) is 0 Å². The molecule has 0 fully saturated rings. The van der Waals surface area contributed by atoms with Crippen molar-refractivity contribution in [2.45, 2.75) is 30.1 Å². The number of aliphatic hydroxyl groups excluding tert-OH is 1. The van der Waals surface area contributed by atoms with E-state index in [0.29, 0.717) is 4.90 Å². The van der Waals surface area contributed by atoms with E-state index in [-0.39, 0.29) is 16.5 Å². The number of aliphatic hydroxyl groups is 1. The lowest BCUT2D eigenvalue weighted by atomic mass is 10.2. The summed E-state index contributed by atoms with van der Waals surface area (Å²) in [4.78, 5) is 10.8. The van der Waals surface area contributed by atoms with Gasteiger partial charge >= 0.3 is 0 Å².